The lowest BCUT2D eigenvalue weighted by molar-refractivity contribution is 0.570. The molecule has 0 unspecified atom stereocenters. The van der Waals surface area contributed by atoms with E-state index in [1.165, 1.54) is 4.90 Å². The highest BCUT2D eigenvalue weighted by Gasteiger charge is 2.08. The van der Waals surface area contributed by atoms with Crippen LogP contribution in [-0.4, -0.2) is 25.1 Å². The smallest absolute Gasteiger partial charge is 0.168 e. The number of rotatable bonds is 3. The summed E-state index contributed by atoms with van der Waals surface area (Å²) in [6, 6.07) is 0.801. The first-order valence-electron chi connectivity index (χ1n) is 3.87. The van der Waals surface area contributed by atoms with Gasteiger partial charge >= 0.3 is 0 Å². The quantitative estimate of drug-likeness (QED) is 0.759. The van der Waals surface area contributed by atoms with E-state index in [0.29, 0.717) is 13.1 Å². The van der Waals surface area contributed by atoms with Gasteiger partial charge in [0.1, 0.15) is 5.82 Å². The van der Waals surface area contributed by atoms with Gasteiger partial charge in [-0.05, 0) is 0 Å². The molecule has 0 aliphatic heterocycles. The minimum atomic E-state index is -0.678. The number of nitrogens with zero attached hydrogens (tertiary/aromatic N) is 2. The molecule has 3 nitrogen and oxygen atoms in total. The van der Waals surface area contributed by atoms with Crippen LogP contribution in [0, 0.1) is 11.6 Å². The summed E-state index contributed by atoms with van der Waals surface area (Å²) in [5, 5.41) is 0. The van der Waals surface area contributed by atoms with E-state index in [1.54, 1.807) is 7.05 Å². The predicted molar refractivity (Wildman–Crippen MR) is 46.5 cm³/mol. The maximum absolute atomic E-state index is 13.0. The molecule has 0 aromatic carbocycles. The van der Waals surface area contributed by atoms with Gasteiger partial charge < -0.3 is 10.6 Å². The van der Waals surface area contributed by atoms with Gasteiger partial charge in [-0.1, -0.05) is 0 Å². The number of likely N-dealkylation sites (N-methyl/N-ethyl adjacent to an activating group) is 1. The fourth-order valence-corrected chi connectivity index (χ4v) is 0.988. The first-order chi connectivity index (χ1) is 6.15. The highest BCUT2D eigenvalue weighted by atomic mass is 19.1. The average Bonchev–Trinajstić information content (AvgIpc) is 2.04. The molecule has 1 heterocycles. The molecule has 0 amide bonds. The Kier molecular flexibility index (Phi) is 3.13. The Morgan fingerprint density at radius 3 is 2.77 bits per heavy atom. The van der Waals surface area contributed by atoms with Crippen LogP contribution in [0.25, 0.3) is 0 Å². The van der Waals surface area contributed by atoms with E-state index in [-0.39, 0.29) is 5.82 Å². The van der Waals surface area contributed by atoms with E-state index < -0.39 is 11.6 Å². The van der Waals surface area contributed by atoms with Gasteiger partial charge in [0, 0.05) is 26.2 Å². The first kappa shape index (κ1) is 9.85. The lowest BCUT2D eigenvalue weighted by Gasteiger charge is -2.16. The van der Waals surface area contributed by atoms with E-state index in [9.17, 15) is 8.78 Å². The Morgan fingerprint density at radius 1 is 1.54 bits per heavy atom. The third-order valence-corrected chi connectivity index (χ3v) is 1.61. The predicted octanol–water partition coefficient (Wildman–Crippen LogP) is 0.755. The highest BCUT2D eigenvalue weighted by molar-refractivity contribution is 5.38. The van der Waals surface area contributed by atoms with Gasteiger partial charge in [-0.15, -0.1) is 0 Å². The zero-order chi connectivity index (χ0) is 9.84. The van der Waals surface area contributed by atoms with Crippen molar-refractivity contribution in [3.63, 3.8) is 0 Å². The second-order valence-electron chi connectivity index (χ2n) is 2.67. The monoisotopic (exact) mass is 187 g/mol. The minimum Gasteiger partial charge on any atom is -0.356 e. The van der Waals surface area contributed by atoms with E-state index >= 15 is 0 Å². The Balaban J connectivity index is 2.88. The number of aromatic nitrogens is 1. The van der Waals surface area contributed by atoms with Gasteiger partial charge in [-0.3, -0.25) is 0 Å². The number of pyridine rings is 1. The number of hydrogen-bond acceptors (Lipinski definition) is 3. The second kappa shape index (κ2) is 4.13. The summed E-state index contributed by atoms with van der Waals surface area (Å²) in [5.41, 5.74) is 5.28. The summed E-state index contributed by atoms with van der Waals surface area (Å²) < 4.78 is 25.5. The van der Waals surface area contributed by atoms with Crippen molar-refractivity contribution in [3.05, 3.63) is 23.9 Å². The normalized spacial score (nSPS) is 10.2. The molecule has 1 rings (SSSR count). The molecule has 0 bridgehead atoms. The number of nitrogens with two attached hydrogens (primary N) is 1. The fraction of sp³-hybridized carbons (Fsp3) is 0.375. The van der Waals surface area contributed by atoms with E-state index in [0.717, 1.165) is 12.3 Å². The molecule has 2 N–H and O–H groups in total. The second-order valence-corrected chi connectivity index (χ2v) is 2.67. The minimum absolute atomic E-state index is 0.117. The van der Waals surface area contributed by atoms with Crippen LogP contribution in [-0.2, 0) is 0 Å². The Bertz CT molecular complexity index is 291. The fourth-order valence-electron chi connectivity index (χ4n) is 0.988. The van der Waals surface area contributed by atoms with Crippen LogP contribution in [0.1, 0.15) is 0 Å². The van der Waals surface area contributed by atoms with Crippen molar-refractivity contribution in [2.75, 3.05) is 25.0 Å². The summed E-state index contributed by atoms with van der Waals surface area (Å²) in [7, 11) is 1.65. The number of halogens is 2. The molecule has 0 aliphatic carbocycles. The molecule has 13 heavy (non-hydrogen) atoms. The van der Waals surface area contributed by atoms with Gasteiger partial charge in [-0.2, -0.15) is 0 Å². The maximum Gasteiger partial charge on any atom is 0.168 e. The molecule has 0 aliphatic rings. The van der Waals surface area contributed by atoms with Crippen LogP contribution >= 0.6 is 0 Å². The molecule has 72 valence electrons. The van der Waals surface area contributed by atoms with E-state index in [2.05, 4.69) is 4.98 Å². The molecule has 0 atom stereocenters. The summed E-state index contributed by atoms with van der Waals surface area (Å²) >= 11 is 0. The molecule has 0 saturated carbocycles. The molecule has 0 saturated heterocycles. The molecule has 1 aromatic rings. The van der Waals surface area contributed by atoms with Crippen molar-refractivity contribution in [1.82, 2.24) is 4.98 Å². The van der Waals surface area contributed by atoms with Crippen molar-refractivity contribution >= 4 is 5.82 Å². The molecule has 0 radical (unpaired) electrons. The average molecular weight is 187 g/mol. The van der Waals surface area contributed by atoms with E-state index in [4.69, 9.17) is 5.73 Å². The van der Waals surface area contributed by atoms with Gasteiger partial charge in [0.15, 0.2) is 11.6 Å². The maximum atomic E-state index is 13.0. The Hall–Kier alpha value is -1.23. The van der Waals surface area contributed by atoms with Crippen LogP contribution in [0.4, 0.5) is 14.6 Å². The van der Waals surface area contributed by atoms with Crippen LogP contribution in [0.2, 0.25) is 0 Å². The molecular weight excluding hydrogens is 176 g/mol. The van der Waals surface area contributed by atoms with Crippen LogP contribution in [0.5, 0.6) is 0 Å². The van der Waals surface area contributed by atoms with Gasteiger partial charge in [0.05, 0.1) is 6.20 Å². The third-order valence-electron chi connectivity index (χ3n) is 1.61. The first-order valence-corrected chi connectivity index (χ1v) is 3.87. The molecule has 0 spiro atoms. The van der Waals surface area contributed by atoms with Crippen molar-refractivity contribution < 1.29 is 8.78 Å². The van der Waals surface area contributed by atoms with Crippen LogP contribution in [0.3, 0.4) is 0 Å². The van der Waals surface area contributed by atoms with Crippen LogP contribution in [0.15, 0.2) is 12.3 Å². The zero-order valence-corrected chi connectivity index (χ0v) is 7.30. The van der Waals surface area contributed by atoms with Crippen molar-refractivity contribution in [3.8, 4) is 0 Å². The van der Waals surface area contributed by atoms with Gasteiger partial charge in [0.2, 0.25) is 0 Å². The van der Waals surface area contributed by atoms with Crippen LogP contribution < -0.4 is 10.6 Å². The summed E-state index contributed by atoms with van der Waals surface area (Å²) in [6.07, 6.45) is 0.978. The van der Waals surface area contributed by atoms with Crippen molar-refractivity contribution in [1.29, 1.82) is 0 Å². The zero-order valence-electron chi connectivity index (χ0n) is 7.30. The molecule has 1 aromatic heterocycles. The topological polar surface area (TPSA) is 42.1 Å². The lowest BCUT2D eigenvalue weighted by atomic mass is 10.4. The van der Waals surface area contributed by atoms with Crippen molar-refractivity contribution in [2.24, 2.45) is 5.73 Å². The van der Waals surface area contributed by atoms with E-state index in [1.807, 2.05) is 0 Å². The number of hydrogen-bond donors (Lipinski definition) is 1. The van der Waals surface area contributed by atoms with Gasteiger partial charge in [-0.25, -0.2) is 13.8 Å². The van der Waals surface area contributed by atoms with Gasteiger partial charge in [0.25, 0.3) is 0 Å². The molecule has 0 fully saturated rings. The molecule has 5 heteroatoms. The Morgan fingerprint density at radius 2 is 2.23 bits per heavy atom. The van der Waals surface area contributed by atoms with Crippen molar-refractivity contribution in [2.45, 2.75) is 0 Å². The highest BCUT2D eigenvalue weighted by Crippen LogP contribution is 2.14. The summed E-state index contributed by atoms with van der Waals surface area (Å²) in [4.78, 5) is 5.15. The largest absolute Gasteiger partial charge is 0.356 e. The lowest BCUT2D eigenvalue weighted by Crippen LogP contribution is -2.26. The third kappa shape index (κ3) is 2.35. The Labute approximate surface area is 75.2 Å². The number of anilines is 1. The summed E-state index contributed by atoms with van der Waals surface area (Å²) in [6.45, 7) is 0.880. The standard InChI is InChI=1S/C8H11F2N3/c1-13(3-2-11)8-7(10)4-6(9)5-12-8/h4-5H,2-3,11H2,1H3. The summed E-state index contributed by atoms with van der Waals surface area (Å²) in [5.74, 6) is -1.23. The SMILES string of the molecule is CN(CCN)c1ncc(F)cc1F. The molecular formula is C8H11F2N3.